The first kappa shape index (κ1) is 16.7. The van der Waals surface area contributed by atoms with Crippen molar-refractivity contribution in [2.24, 2.45) is 0 Å². The summed E-state index contributed by atoms with van der Waals surface area (Å²) in [6.07, 6.45) is 0. The largest absolute Gasteiger partial charge is 0.461 e. The fourth-order valence-corrected chi connectivity index (χ4v) is 2.62. The maximum absolute atomic E-state index is 12.2. The van der Waals surface area contributed by atoms with E-state index in [0.717, 1.165) is 11.3 Å². The minimum atomic E-state index is -0.621. The molecular weight excluding hydrogens is 338 g/mol. The molecule has 0 saturated heterocycles. The molecule has 124 valence electrons. The van der Waals surface area contributed by atoms with Crippen LogP contribution in [0.4, 0.5) is 0 Å². The van der Waals surface area contributed by atoms with Gasteiger partial charge in [-0.3, -0.25) is 0 Å². The van der Waals surface area contributed by atoms with E-state index < -0.39 is 5.97 Å². The normalized spacial score (nSPS) is 10.3. The van der Waals surface area contributed by atoms with Crippen molar-refractivity contribution in [3.8, 4) is 23.0 Å². The van der Waals surface area contributed by atoms with Crippen molar-refractivity contribution < 1.29 is 9.53 Å². The Morgan fingerprint density at radius 2 is 1.88 bits per heavy atom. The summed E-state index contributed by atoms with van der Waals surface area (Å²) in [6.45, 7) is 1.91. The molecule has 6 heteroatoms. The number of nitrogens with zero attached hydrogens (tertiary/aromatic N) is 3. The van der Waals surface area contributed by atoms with Gasteiger partial charge >= 0.3 is 5.97 Å². The van der Waals surface area contributed by atoms with Gasteiger partial charge < -0.3 is 4.74 Å². The Morgan fingerprint density at radius 3 is 2.48 bits per heavy atom. The Balaban J connectivity index is 2.28. The minimum absolute atomic E-state index is 0.00171. The van der Waals surface area contributed by atoms with Crippen LogP contribution in [0.25, 0.3) is 16.9 Å². The maximum Gasteiger partial charge on any atom is 0.360 e. The lowest BCUT2D eigenvalue weighted by atomic mass is 10.1. The number of ether oxygens (including phenoxy) is 1. The lowest BCUT2D eigenvalue weighted by molar-refractivity contribution is 0.0518. The highest BCUT2D eigenvalue weighted by molar-refractivity contribution is 6.30. The van der Waals surface area contributed by atoms with Gasteiger partial charge in [0, 0.05) is 10.6 Å². The first-order chi connectivity index (χ1) is 12.2. The van der Waals surface area contributed by atoms with E-state index in [1.807, 2.05) is 30.3 Å². The maximum atomic E-state index is 12.2. The number of aromatic nitrogens is 2. The van der Waals surface area contributed by atoms with Gasteiger partial charge in [-0.05, 0) is 31.2 Å². The Bertz CT molecular complexity index is 941. The molecule has 0 radical (unpaired) electrons. The number of halogens is 1. The lowest BCUT2D eigenvalue weighted by Crippen LogP contribution is -2.08. The van der Waals surface area contributed by atoms with Crippen molar-refractivity contribution in [3.05, 3.63) is 70.9 Å². The Morgan fingerprint density at radius 1 is 1.20 bits per heavy atom. The average Bonchev–Trinajstić information content (AvgIpc) is 3.03. The molecule has 0 aliphatic rings. The summed E-state index contributed by atoms with van der Waals surface area (Å²) < 4.78 is 6.62. The third-order valence-corrected chi connectivity index (χ3v) is 3.84. The first-order valence-corrected chi connectivity index (χ1v) is 8.05. The van der Waals surface area contributed by atoms with Crippen molar-refractivity contribution in [1.29, 1.82) is 5.26 Å². The number of hydrogen-bond donors (Lipinski definition) is 0. The molecule has 25 heavy (non-hydrogen) atoms. The highest BCUT2D eigenvalue weighted by Gasteiger charge is 2.25. The predicted octanol–water partition coefficient (Wildman–Crippen LogP) is 4.24. The second-order valence-electron chi connectivity index (χ2n) is 5.16. The molecule has 0 unspecified atom stereocenters. The van der Waals surface area contributed by atoms with Crippen LogP contribution in [-0.2, 0) is 4.74 Å². The van der Waals surface area contributed by atoms with E-state index >= 15 is 0 Å². The van der Waals surface area contributed by atoms with Gasteiger partial charge in [0.1, 0.15) is 11.6 Å². The molecule has 0 amide bonds. The standard InChI is InChI=1S/C19H14ClN3O2/c1-2-25-19(24)17-16(12-21)18(13-8-10-14(20)11-9-13)23(22-17)15-6-4-3-5-7-15/h3-11H,2H2,1H3. The topological polar surface area (TPSA) is 67.9 Å². The molecule has 0 atom stereocenters. The fourth-order valence-electron chi connectivity index (χ4n) is 2.50. The van der Waals surface area contributed by atoms with Crippen LogP contribution in [0.15, 0.2) is 54.6 Å². The van der Waals surface area contributed by atoms with Crippen molar-refractivity contribution in [1.82, 2.24) is 9.78 Å². The van der Waals surface area contributed by atoms with Gasteiger partial charge in [0.25, 0.3) is 0 Å². The summed E-state index contributed by atoms with van der Waals surface area (Å²) in [5.74, 6) is -0.621. The van der Waals surface area contributed by atoms with Crippen LogP contribution in [0, 0.1) is 11.3 Å². The number of rotatable bonds is 4. The SMILES string of the molecule is CCOC(=O)c1nn(-c2ccccc2)c(-c2ccc(Cl)cc2)c1C#N. The van der Waals surface area contributed by atoms with Gasteiger partial charge in [0.2, 0.25) is 0 Å². The number of carbonyl (C=O) groups is 1. The lowest BCUT2D eigenvalue weighted by Gasteiger charge is -2.08. The van der Waals surface area contributed by atoms with E-state index in [1.165, 1.54) is 0 Å². The van der Waals surface area contributed by atoms with E-state index in [1.54, 1.807) is 35.9 Å². The molecule has 3 rings (SSSR count). The molecule has 0 bridgehead atoms. The van der Waals surface area contributed by atoms with E-state index in [2.05, 4.69) is 11.2 Å². The van der Waals surface area contributed by atoms with Gasteiger partial charge in [0.15, 0.2) is 5.69 Å². The van der Waals surface area contributed by atoms with Crippen molar-refractivity contribution in [2.75, 3.05) is 6.61 Å². The Hall–Kier alpha value is -3.10. The number of para-hydroxylation sites is 1. The molecule has 1 aromatic heterocycles. The van der Waals surface area contributed by atoms with Crippen LogP contribution in [0.3, 0.4) is 0 Å². The Kier molecular flexibility index (Phi) is 4.82. The van der Waals surface area contributed by atoms with Crippen LogP contribution < -0.4 is 0 Å². The molecule has 1 heterocycles. The van der Waals surface area contributed by atoms with Gasteiger partial charge in [0.05, 0.1) is 18.0 Å². The highest BCUT2D eigenvalue weighted by atomic mass is 35.5. The molecule has 0 N–H and O–H groups in total. The van der Waals surface area contributed by atoms with Crippen LogP contribution in [-0.4, -0.2) is 22.4 Å². The van der Waals surface area contributed by atoms with Gasteiger partial charge in [-0.1, -0.05) is 41.9 Å². The smallest absolute Gasteiger partial charge is 0.360 e. The zero-order valence-corrected chi connectivity index (χ0v) is 14.2. The van der Waals surface area contributed by atoms with Gasteiger partial charge in [-0.25, -0.2) is 9.48 Å². The van der Waals surface area contributed by atoms with Crippen molar-refractivity contribution >= 4 is 17.6 Å². The molecule has 0 spiro atoms. The molecule has 2 aromatic carbocycles. The number of esters is 1. The number of nitriles is 1. The molecule has 3 aromatic rings. The van der Waals surface area contributed by atoms with Gasteiger partial charge in [-0.15, -0.1) is 0 Å². The van der Waals surface area contributed by atoms with Gasteiger partial charge in [-0.2, -0.15) is 10.4 Å². The third-order valence-electron chi connectivity index (χ3n) is 3.58. The van der Waals surface area contributed by atoms with Crippen LogP contribution in [0.1, 0.15) is 23.0 Å². The second kappa shape index (κ2) is 7.20. The van der Waals surface area contributed by atoms with E-state index in [-0.39, 0.29) is 17.9 Å². The summed E-state index contributed by atoms with van der Waals surface area (Å²) in [5.41, 5.74) is 2.16. The molecule has 0 fully saturated rings. The van der Waals surface area contributed by atoms with Crippen molar-refractivity contribution in [2.45, 2.75) is 6.92 Å². The molecular formula is C19H14ClN3O2. The van der Waals surface area contributed by atoms with Crippen molar-refractivity contribution in [3.63, 3.8) is 0 Å². The summed E-state index contributed by atoms with van der Waals surface area (Å²) in [7, 11) is 0. The number of hydrogen-bond acceptors (Lipinski definition) is 4. The molecule has 0 saturated carbocycles. The van der Waals surface area contributed by atoms with Crippen LogP contribution in [0.2, 0.25) is 5.02 Å². The zero-order chi connectivity index (χ0) is 17.8. The summed E-state index contributed by atoms with van der Waals surface area (Å²) in [4.78, 5) is 12.2. The summed E-state index contributed by atoms with van der Waals surface area (Å²) in [5, 5.41) is 14.6. The molecule has 0 aliphatic carbocycles. The van der Waals surface area contributed by atoms with Crippen LogP contribution in [0.5, 0.6) is 0 Å². The zero-order valence-electron chi connectivity index (χ0n) is 13.4. The third kappa shape index (κ3) is 3.25. The number of carbonyl (C=O) groups excluding carboxylic acids is 1. The summed E-state index contributed by atoms with van der Waals surface area (Å²) >= 11 is 5.96. The van der Waals surface area contributed by atoms with E-state index in [4.69, 9.17) is 16.3 Å². The quantitative estimate of drug-likeness (QED) is 0.659. The van der Waals surface area contributed by atoms with E-state index in [9.17, 15) is 10.1 Å². The average molecular weight is 352 g/mol. The highest BCUT2D eigenvalue weighted by Crippen LogP contribution is 2.30. The predicted molar refractivity (Wildman–Crippen MR) is 94.7 cm³/mol. The monoisotopic (exact) mass is 351 g/mol. The summed E-state index contributed by atoms with van der Waals surface area (Å²) in [6, 6.07) is 18.4. The fraction of sp³-hybridized carbons (Fsp3) is 0.105. The second-order valence-corrected chi connectivity index (χ2v) is 5.60. The minimum Gasteiger partial charge on any atom is -0.461 e. The molecule has 0 aliphatic heterocycles. The van der Waals surface area contributed by atoms with E-state index in [0.29, 0.717) is 10.7 Å². The Labute approximate surface area is 150 Å². The molecule has 5 nitrogen and oxygen atoms in total. The number of benzene rings is 2. The first-order valence-electron chi connectivity index (χ1n) is 7.67. The van der Waals surface area contributed by atoms with Crippen LogP contribution >= 0.6 is 11.6 Å².